The zero-order valence-electron chi connectivity index (χ0n) is 21.4. The fourth-order valence-electron chi connectivity index (χ4n) is 3.90. The number of hydrogen-bond acceptors (Lipinski definition) is 7. The minimum absolute atomic E-state index is 0.109. The van der Waals surface area contributed by atoms with Crippen LogP contribution in [0.2, 0.25) is 0 Å². The van der Waals surface area contributed by atoms with E-state index in [9.17, 15) is 14.3 Å². The average Bonchev–Trinajstić information content (AvgIpc) is 2.92. The Balaban J connectivity index is 1.53. The maximum atomic E-state index is 13.2. The molecule has 0 aliphatic carbocycles. The topological polar surface area (TPSA) is 115 Å². The van der Waals surface area contributed by atoms with E-state index >= 15 is 0 Å². The van der Waals surface area contributed by atoms with Crippen LogP contribution >= 0.6 is 0 Å². The molecule has 0 saturated heterocycles. The van der Waals surface area contributed by atoms with E-state index in [1.807, 2.05) is 13.8 Å². The van der Waals surface area contributed by atoms with E-state index in [-0.39, 0.29) is 23.8 Å². The van der Waals surface area contributed by atoms with Gasteiger partial charge in [-0.05, 0) is 78.6 Å². The van der Waals surface area contributed by atoms with Gasteiger partial charge in [0.1, 0.15) is 17.9 Å². The predicted molar refractivity (Wildman–Crippen MR) is 142 cm³/mol. The van der Waals surface area contributed by atoms with Crippen molar-refractivity contribution < 1.29 is 28.5 Å². The molecule has 1 heterocycles. The van der Waals surface area contributed by atoms with Crippen LogP contribution in [0.3, 0.4) is 0 Å². The molecule has 0 unspecified atom stereocenters. The summed E-state index contributed by atoms with van der Waals surface area (Å²) < 4.78 is 30.6. The number of aryl methyl sites for hydroxylation is 2. The van der Waals surface area contributed by atoms with E-state index in [1.54, 1.807) is 30.3 Å². The minimum Gasteiger partial charge on any atom is -0.493 e. The third-order valence-electron chi connectivity index (χ3n) is 5.74. The average molecular weight is 526 g/mol. The number of ether oxygens (including phenoxy) is 3. The van der Waals surface area contributed by atoms with Gasteiger partial charge in [-0.1, -0.05) is 18.2 Å². The van der Waals surface area contributed by atoms with Crippen LogP contribution in [0.15, 0.2) is 72.6 Å². The molecule has 39 heavy (non-hydrogen) atoms. The maximum absolute atomic E-state index is 13.2. The lowest BCUT2D eigenvalue weighted by Crippen LogP contribution is -2.04. The van der Waals surface area contributed by atoms with Gasteiger partial charge in [0, 0.05) is 12.0 Å². The maximum Gasteiger partial charge on any atom is 0.331 e. The van der Waals surface area contributed by atoms with E-state index in [4.69, 9.17) is 19.5 Å². The van der Waals surface area contributed by atoms with Gasteiger partial charge in [0.2, 0.25) is 11.8 Å². The molecule has 0 saturated carbocycles. The predicted octanol–water partition coefficient (Wildman–Crippen LogP) is 6.41. The second-order valence-corrected chi connectivity index (χ2v) is 8.64. The first-order chi connectivity index (χ1) is 18.7. The van der Waals surface area contributed by atoms with E-state index in [0.29, 0.717) is 33.9 Å². The molecule has 0 spiro atoms. The Morgan fingerprint density at radius 2 is 1.64 bits per heavy atom. The molecule has 9 heteroatoms. The third-order valence-corrected chi connectivity index (χ3v) is 5.74. The molecule has 0 amide bonds. The molecule has 0 radical (unpaired) electrons. The Morgan fingerprint density at radius 3 is 2.26 bits per heavy atom. The van der Waals surface area contributed by atoms with Gasteiger partial charge in [0.15, 0.2) is 11.5 Å². The summed E-state index contributed by atoms with van der Waals surface area (Å²) in [4.78, 5) is 20.1. The van der Waals surface area contributed by atoms with E-state index in [0.717, 1.165) is 11.1 Å². The molecule has 8 nitrogen and oxygen atoms in total. The quantitative estimate of drug-likeness (QED) is 0.249. The van der Waals surface area contributed by atoms with Crippen LogP contribution < -0.4 is 14.2 Å². The lowest BCUT2D eigenvalue weighted by Gasteiger charge is -2.13. The number of rotatable bonds is 9. The van der Waals surface area contributed by atoms with Crippen LogP contribution in [0.5, 0.6) is 29.0 Å². The summed E-state index contributed by atoms with van der Waals surface area (Å²) in [6.45, 7) is 3.69. The molecule has 0 aliphatic rings. The number of aromatic nitrogens is 2. The Labute approximate surface area is 224 Å². The fourth-order valence-corrected chi connectivity index (χ4v) is 3.90. The second-order valence-electron chi connectivity index (χ2n) is 8.64. The van der Waals surface area contributed by atoms with Crippen molar-refractivity contribution in [1.82, 2.24) is 9.97 Å². The van der Waals surface area contributed by atoms with Gasteiger partial charge in [-0.15, -0.1) is 0 Å². The largest absolute Gasteiger partial charge is 0.493 e. The third kappa shape index (κ3) is 6.76. The molecule has 0 aliphatic heterocycles. The zero-order valence-corrected chi connectivity index (χ0v) is 21.4. The highest BCUT2D eigenvalue weighted by Gasteiger charge is 2.14. The number of nitriles is 1. The number of aliphatic carboxylic acids is 1. The first kappa shape index (κ1) is 26.8. The number of methoxy groups -OCH3 is 1. The molecule has 0 atom stereocenters. The van der Waals surface area contributed by atoms with Crippen LogP contribution in [-0.4, -0.2) is 28.2 Å². The van der Waals surface area contributed by atoms with Crippen molar-refractivity contribution in [3.63, 3.8) is 0 Å². The van der Waals surface area contributed by atoms with Crippen molar-refractivity contribution in [3.05, 3.63) is 106 Å². The van der Waals surface area contributed by atoms with Crippen LogP contribution in [0, 0.1) is 31.0 Å². The first-order valence-corrected chi connectivity index (χ1v) is 11.8. The highest BCUT2D eigenvalue weighted by atomic mass is 19.1. The molecule has 196 valence electrons. The van der Waals surface area contributed by atoms with Gasteiger partial charge in [0.05, 0.1) is 24.8 Å². The van der Waals surface area contributed by atoms with Gasteiger partial charge >= 0.3 is 5.97 Å². The van der Waals surface area contributed by atoms with Crippen molar-refractivity contribution in [1.29, 1.82) is 5.26 Å². The monoisotopic (exact) mass is 525 g/mol. The number of carbonyl (C=O) groups is 1. The summed E-state index contributed by atoms with van der Waals surface area (Å²) in [5.41, 5.74) is 3.50. The highest BCUT2D eigenvalue weighted by Crippen LogP contribution is 2.34. The molecule has 0 fully saturated rings. The molecule has 0 bridgehead atoms. The summed E-state index contributed by atoms with van der Waals surface area (Å²) in [5, 5.41) is 18.8. The van der Waals surface area contributed by atoms with Gasteiger partial charge in [-0.2, -0.15) is 5.26 Å². The van der Waals surface area contributed by atoms with Crippen molar-refractivity contribution in [2.45, 2.75) is 20.3 Å². The fraction of sp³-hybridized carbons (Fsp3) is 0.133. The van der Waals surface area contributed by atoms with Crippen LogP contribution in [0.25, 0.3) is 6.08 Å². The van der Waals surface area contributed by atoms with Crippen molar-refractivity contribution in [3.8, 4) is 35.1 Å². The smallest absolute Gasteiger partial charge is 0.331 e. The van der Waals surface area contributed by atoms with Crippen LogP contribution in [0.4, 0.5) is 4.39 Å². The number of nitrogens with zero attached hydrogens (tertiary/aromatic N) is 3. The highest BCUT2D eigenvalue weighted by molar-refractivity contribution is 5.92. The molecule has 1 aromatic heterocycles. The lowest BCUT2D eigenvalue weighted by atomic mass is 10.0. The Kier molecular flexibility index (Phi) is 8.17. The number of carboxylic acid groups (broad SMARTS) is 1. The first-order valence-electron chi connectivity index (χ1n) is 11.8. The number of carboxylic acids is 1. The van der Waals surface area contributed by atoms with Gasteiger partial charge in [-0.25, -0.2) is 19.2 Å². The normalized spacial score (nSPS) is 11.0. The SMILES string of the molecule is COc1cc(CC(=Cc2ccc(F)cc2)C(=O)O)ccc1Oc1cc(Oc2c(C)cc(C#N)cc2C)ncn1. The summed E-state index contributed by atoms with van der Waals surface area (Å²) >= 11 is 0. The number of halogens is 1. The Bertz CT molecular complexity index is 1570. The minimum atomic E-state index is -1.08. The van der Waals surface area contributed by atoms with Gasteiger partial charge < -0.3 is 19.3 Å². The van der Waals surface area contributed by atoms with Crippen molar-refractivity contribution >= 4 is 12.0 Å². The second kappa shape index (κ2) is 11.9. The van der Waals surface area contributed by atoms with E-state index in [2.05, 4.69) is 16.0 Å². The number of benzene rings is 3. The summed E-state index contributed by atoms with van der Waals surface area (Å²) in [6, 6.07) is 17.8. The van der Waals surface area contributed by atoms with Crippen LogP contribution in [0.1, 0.15) is 27.8 Å². The lowest BCUT2D eigenvalue weighted by molar-refractivity contribution is -0.132. The van der Waals surface area contributed by atoms with E-state index in [1.165, 1.54) is 49.8 Å². The van der Waals surface area contributed by atoms with Gasteiger partial charge in [0.25, 0.3) is 0 Å². The molecular weight excluding hydrogens is 501 g/mol. The van der Waals surface area contributed by atoms with Crippen molar-refractivity contribution in [2.75, 3.05) is 7.11 Å². The molecule has 1 N–H and O–H groups in total. The van der Waals surface area contributed by atoms with Crippen LogP contribution in [-0.2, 0) is 11.2 Å². The molecule has 3 aromatic carbocycles. The number of hydrogen-bond donors (Lipinski definition) is 1. The zero-order chi connectivity index (χ0) is 27.9. The summed E-state index contributed by atoms with van der Waals surface area (Å²) in [5.74, 6) is 0.297. The van der Waals surface area contributed by atoms with Gasteiger partial charge in [-0.3, -0.25) is 0 Å². The molecule has 4 rings (SSSR count). The summed E-state index contributed by atoms with van der Waals surface area (Å²) in [7, 11) is 1.48. The molecule has 4 aromatic rings. The molecular formula is C30H24FN3O5. The Morgan fingerprint density at radius 1 is 0.974 bits per heavy atom. The summed E-state index contributed by atoms with van der Waals surface area (Å²) in [6.07, 6.45) is 2.91. The van der Waals surface area contributed by atoms with E-state index < -0.39 is 11.8 Å². The Hall–Kier alpha value is -5.23. The standard InChI is InChI=1S/C30H24FN3O5/c1-18-10-22(16-32)11-19(2)29(18)39-28-15-27(33-17-34-28)38-25-9-6-21(14-26(25)37-3)13-23(30(35)36)12-20-4-7-24(31)8-5-20/h4-12,14-15,17H,13H2,1-3H3,(H,35,36). The van der Waals surface area contributed by atoms with Crippen molar-refractivity contribution in [2.24, 2.45) is 0 Å².